The van der Waals surface area contributed by atoms with E-state index in [0.717, 1.165) is 43.7 Å². The van der Waals surface area contributed by atoms with E-state index >= 15 is 0 Å². The minimum atomic E-state index is -1.08. The minimum absolute atomic E-state index is 0.270. The summed E-state index contributed by atoms with van der Waals surface area (Å²) in [5.41, 5.74) is 3.19. The second-order valence-electron chi connectivity index (χ2n) is 8.62. The highest BCUT2D eigenvalue weighted by atomic mass is 19.2. The smallest absolute Gasteiger partial charge is 0.159 e. The van der Waals surface area contributed by atoms with Crippen LogP contribution >= 0.6 is 0 Å². The number of aliphatic hydroxyl groups is 1. The number of piperidine rings is 1. The molecule has 2 saturated heterocycles. The molecule has 2 fully saturated rings. The Balaban J connectivity index is 1.47. The van der Waals surface area contributed by atoms with Crippen LogP contribution in [0.25, 0.3) is 0 Å². The summed E-state index contributed by atoms with van der Waals surface area (Å²) in [6.45, 7) is 5.17. The molecule has 3 nitrogen and oxygen atoms in total. The van der Waals surface area contributed by atoms with Crippen molar-refractivity contribution in [2.24, 2.45) is 0 Å². The van der Waals surface area contributed by atoms with Crippen LogP contribution in [0.15, 0.2) is 30.3 Å². The zero-order valence-electron chi connectivity index (χ0n) is 17.3. The fourth-order valence-electron chi connectivity index (χ4n) is 5.30. The van der Waals surface area contributed by atoms with Gasteiger partial charge in [0.2, 0.25) is 0 Å². The van der Waals surface area contributed by atoms with Gasteiger partial charge in [-0.2, -0.15) is 0 Å². The first kappa shape index (κ1) is 20.3. The zero-order valence-corrected chi connectivity index (χ0v) is 17.3. The average molecular weight is 401 g/mol. The van der Waals surface area contributed by atoms with E-state index in [1.165, 1.54) is 22.8 Å². The molecule has 0 radical (unpaired) electrons. The maximum atomic E-state index is 13.7. The number of hydrogen-bond donors (Lipinski definition) is 1. The molecule has 0 amide bonds. The van der Waals surface area contributed by atoms with Crippen LogP contribution in [0.3, 0.4) is 0 Å². The van der Waals surface area contributed by atoms with Crippen molar-refractivity contribution in [3.63, 3.8) is 0 Å². The molecule has 0 aliphatic carbocycles. The summed E-state index contributed by atoms with van der Waals surface area (Å²) in [7, 11) is 1.70. The lowest BCUT2D eigenvalue weighted by molar-refractivity contribution is -0.0567. The molecule has 2 aliphatic heterocycles. The van der Waals surface area contributed by atoms with Crippen molar-refractivity contribution >= 4 is 0 Å². The van der Waals surface area contributed by atoms with Crippen molar-refractivity contribution in [2.45, 2.75) is 63.6 Å². The lowest BCUT2D eigenvalue weighted by atomic mass is 9.80. The van der Waals surface area contributed by atoms with Gasteiger partial charge in [-0.3, -0.25) is 4.90 Å². The third-order valence-electron chi connectivity index (χ3n) is 7.08. The highest BCUT2D eigenvalue weighted by Crippen LogP contribution is 2.46. The van der Waals surface area contributed by atoms with Gasteiger partial charge < -0.3 is 9.84 Å². The van der Waals surface area contributed by atoms with E-state index in [4.69, 9.17) is 4.74 Å². The first-order valence-corrected chi connectivity index (χ1v) is 10.4. The van der Waals surface area contributed by atoms with Gasteiger partial charge in [0, 0.05) is 18.6 Å². The van der Waals surface area contributed by atoms with Crippen LogP contribution in [-0.4, -0.2) is 35.7 Å². The van der Waals surface area contributed by atoms with E-state index in [1.54, 1.807) is 7.11 Å². The highest BCUT2D eigenvalue weighted by molar-refractivity contribution is 5.43. The Bertz CT molecular complexity index is 900. The molecule has 2 bridgehead atoms. The molecular formula is C24H29F2NO2. The monoisotopic (exact) mass is 401 g/mol. The van der Waals surface area contributed by atoms with E-state index in [9.17, 15) is 13.9 Å². The summed E-state index contributed by atoms with van der Waals surface area (Å²) in [4.78, 5) is 2.51. The maximum Gasteiger partial charge on any atom is 0.159 e. The van der Waals surface area contributed by atoms with Crippen LogP contribution in [0.1, 0.15) is 47.9 Å². The van der Waals surface area contributed by atoms with Crippen molar-refractivity contribution in [1.29, 1.82) is 0 Å². The molecule has 156 valence electrons. The molecular weight excluding hydrogens is 372 g/mol. The number of benzene rings is 2. The number of methoxy groups -OCH3 is 1. The van der Waals surface area contributed by atoms with Crippen LogP contribution in [0.2, 0.25) is 0 Å². The molecule has 2 aliphatic rings. The van der Waals surface area contributed by atoms with E-state index < -0.39 is 17.2 Å². The topological polar surface area (TPSA) is 32.7 Å². The van der Waals surface area contributed by atoms with Gasteiger partial charge in [-0.05, 0) is 86.4 Å². The predicted molar refractivity (Wildman–Crippen MR) is 109 cm³/mol. The van der Waals surface area contributed by atoms with Crippen LogP contribution in [0.4, 0.5) is 8.78 Å². The molecule has 2 aromatic rings. The summed E-state index contributed by atoms with van der Waals surface area (Å²) in [6.07, 6.45) is 4.16. The summed E-state index contributed by atoms with van der Waals surface area (Å²) < 4.78 is 32.4. The summed E-state index contributed by atoms with van der Waals surface area (Å²) in [6, 6.07) is 8.52. The fraction of sp³-hybridized carbons (Fsp3) is 0.500. The number of ether oxygens (including phenoxy) is 1. The van der Waals surface area contributed by atoms with Crippen LogP contribution < -0.4 is 4.74 Å². The van der Waals surface area contributed by atoms with Crippen LogP contribution in [0.5, 0.6) is 5.75 Å². The van der Waals surface area contributed by atoms with Crippen molar-refractivity contribution in [1.82, 2.24) is 4.90 Å². The first-order chi connectivity index (χ1) is 13.8. The van der Waals surface area contributed by atoms with Crippen LogP contribution in [0, 0.1) is 25.5 Å². The predicted octanol–water partition coefficient (Wildman–Crippen LogP) is 4.65. The Labute approximate surface area is 171 Å². The Hall–Kier alpha value is -1.98. The number of halogens is 2. The molecule has 4 rings (SSSR count). The molecule has 0 spiro atoms. The highest BCUT2D eigenvalue weighted by Gasteiger charge is 2.48. The molecule has 2 heterocycles. The van der Waals surface area contributed by atoms with Gasteiger partial charge in [0.15, 0.2) is 11.6 Å². The molecule has 2 aromatic carbocycles. The Morgan fingerprint density at radius 3 is 2.34 bits per heavy atom. The van der Waals surface area contributed by atoms with Gasteiger partial charge in [0.05, 0.1) is 12.7 Å². The van der Waals surface area contributed by atoms with E-state index in [2.05, 4.69) is 24.8 Å². The average Bonchev–Trinajstić information content (AvgIpc) is 2.95. The fourth-order valence-corrected chi connectivity index (χ4v) is 5.30. The Morgan fingerprint density at radius 1 is 1.03 bits per heavy atom. The number of rotatable bonds is 5. The minimum Gasteiger partial charge on any atom is -0.496 e. The van der Waals surface area contributed by atoms with E-state index in [-0.39, 0.29) is 12.1 Å². The molecule has 1 N–H and O–H groups in total. The second-order valence-corrected chi connectivity index (χ2v) is 8.62. The largest absolute Gasteiger partial charge is 0.496 e. The number of hydrogen-bond acceptors (Lipinski definition) is 3. The quantitative estimate of drug-likeness (QED) is 0.792. The van der Waals surface area contributed by atoms with E-state index in [1.807, 2.05) is 6.07 Å². The molecule has 0 saturated carbocycles. The van der Waals surface area contributed by atoms with Crippen molar-refractivity contribution in [3.05, 3.63) is 64.2 Å². The molecule has 2 unspecified atom stereocenters. The normalized spacial score (nSPS) is 26.7. The molecule has 29 heavy (non-hydrogen) atoms. The summed E-state index contributed by atoms with van der Waals surface area (Å²) >= 11 is 0. The van der Waals surface area contributed by atoms with Crippen molar-refractivity contribution in [2.75, 3.05) is 13.7 Å². The lowest BCUT2D eigenvalue weighted by Crippen LogP contribution is -2.50. The van der Waals surface area contributed by atoms with Gasteiger partial charge in [0.25, 0.3) is 0 Å². The second kappa shape index (κ2) is 7.69. The van der Waals surface area contributed by atoms with Gasteiger partial charge in [-0.15, -0.1) is 0 Å². The summed E-state index contributed by atoms with van der Waals surface area (Å²) in [5, 5.41) is 11.3. The molecule has 5 heteroatoms. The van der Waals surface area contributed by atoms with E-state index in [0.29, 0.717) is 18.4 Å². The van der Waals surface area contributed by atoms with Crippen molar-refractivity contribution in [3.8, 4) is 5.75 Å². The maximum absolute atomic E-state index is 13.7. The molecule has 2 atom stereocenters. The Kier molecular flexibility index (Phi) is 5.38. The Morgan fingerprint density at radius 2 is 1.72 bits per heavy atom. The number of nitrogens with zero attached hydrogens (tertiary/aromatic N) is 1. The standard InChI is InChI=1S/C24H29F2NO2/c1-15-16(2)23(29-3)9-4-17(15)10-11-27-19-6-7-20(27)14-24(28,13-19)18-5-8-21(25)22(26)12-18/h4-5,8-9,12,19-20,28H,6-7,10-11,13-14H2,1-3H3. The van der Waals surface area contributed by atoms with Gasteiger partial charge >= 0.3 is 0 Å². The summed E-state index contributed by atoms with van der Waals surface area (Å²) in [5.74, 6) is -0.847. The van der Waals surface area contributed by atoms with Gasteiger partial charge in [0.1, 0.15) is 5.75 Å². The first-order valence-electron chi connectivity index (χ1n) is 10.4. The number of fused-ring (bicyclic) bond motifs is 2. The van der Waals surface area contributed by atoms with Crippen LogP contribution in [-0.2, 0) is 12.0 Å². The van der Waals surface area contributed by atoms with Gasteiger partial charge in [-0.1, -0.05) is 12.1 Å². The third kappa shape index (κ3) is 3.66. The van der Waals surface area contributed by atoms with Gasteiger partial charge in [-0.25, -0.2) is 8.78 Å². The SMILES string of the molecule is COc1ccc(CCN2C3CCC2CC(O)(c2ccc(F)c(F)c2)C3)c(C)c1C. The van der Waals surface area contributed by atoms with Crippen molar-refractivity contribution < 1.29 is 18.6 Å². The third-order valence-corrected chi connectivity index (χ3v) is 7.08. The molecule has 0 aromatic heterocycles. The lowest BCUT2D eigenvalue weighted by Gasteiger charge is -2.44. The zero-order chi connectivity index (χ0) is 20.8.